The van der Waals surface area contributed by atoms with Gasteiger partial charge in [-0.3, -0.25) is 9.48 Å². The van der Waals surface area contributed by atoms with E-state index in [1.54, 1.807) is 10.9 Å². The second-order valence-corrected chi connectivity index (χ2v) is 4.96. The molecule has 3 aromatic rings. The van der Waals surface area contributed by atoms with Crippen molar-refractivity contribution in [2.45, 2.75) is 13.0 Å². The molecule has 0 aliphatic heterocycles. The van der Waals surface area contributed by atoms with Crippen molar-refractivity contribution < 1.29 is 4.79 Å². The Bertz CT molecular complexity index is 732. The zero-order chi connectivity index (χ0) is 14.7. The molecule has 0 radical (unpaired) electrons. The smallest absolute Gasteiger partial charge is 0.191 e. The number of Topliss-reactive ketones (excluding diaryl/α,β-unsaturated/α-hetero) is 1. The van der Waals surface area contributed by atoms with Crippen LogP contribution in [-0.2, 0) is 0 Å². The quantitative estimate of drug-likeness (QED) is 0.681. The molecule has 0 amide bonds. The molecule has 0 saturated carbocycles. The lowest BCUT2D eigenvalue weighted by molar-refractivity contribution is 0.0938. The largest absolute Gasteiger partial charge is 0.291 e. The summed E-state index contributed by atoms with van der Waals surface area (Å²) in [5.74, 6) is 0.0496. The molecule has 0 bridgehead atoms. The van der Waals surface area contributed by atoms with Crippen molar-refractivity contribution in [1.82, 2.24) is 9.78 Å². The number of carbonyl (C=O) groups is 1. The van der Waals surface area contributed by atoms with Crippen molar-refractivity contribution in [1.29, 1.82) is 0 Å². The summed E-state index contributed by atoms with van der Waals surface area (Å²) in [5.41, 5.74) is 2.60. The van der Waals surface area contributed by atoms with Gasteiger partial charge in [-0.1, -0.05) is 60.7 Å². The van der Waals surface area contributed by atoms with Crippen LogP contribution in [0.4, 0.5) is 0 Å². The highest BCUT2D eigenvalue weighted by molar-refractivity contribution is 6.00. The highest BCUT2D eigenvalue weighted by atomic mass is 16.1. The summed E-state index contributed by atoms with van der Waals surface area (Å²) in [6, 6.07) is 20.6. The Kier molecular flexibility index (Phi) is 3.65. The number of nitrogens with zero attached hydrogens (tertiary/aromatic N) is 2. The molecule has 0 fully saturated rings. The maximum Gasteiger partial charge on any atom is 0.191 e. The summed E-state index contributed by atoms with van der Waals surface area (Å²) in [6.45, 7) is 1.96. The molecule has 0 aliphatic rings. The third-order valence-electron chi connectivity index (χ3n) is 3.53. The van der Waals surface area contributed by atoms with E-state index in [4.69, 9.17) is 0 Å². The predicted molar refractivity (Wildman–Crippen MR) is 82.3 cm³/mol. The summed E-state index contributed by atoms with van der Waals surface area (Å²) >= 11 is 0. The Labute approximate surface area is 123 Å². The van der Waals surface area contributed by atoms with Crippen molar-refractivity contribution in [3.63, 3.8) is 0 Å². The fourth-order valence-electron chi connectivity index (χ4n) is 2.45. The van der Waals surface area contributed by atoms with Gasteiger partial charge in [-0.15, -0.1) is 0 Å². The number of ketones is 1. The van der Waals surface area contributed by atoms with E-state index < -0.39 is 6.04 Å². The van der Waals surface area contributed by atoms with Gasteiger partial charge in [0, 0.05) is 17.5 Å². The van der Waals surface area contributed by atoms with Crippen molar-refractivity contribution >= 4 is 5.78 Å². The second kappa shape index (κ2) is 5.75. The third-order valence-corrected chi connectivity index (χ3v) is 3.53. The van der Waals surface area contributed by atoms with Gasteiger partial charge < -0.3 is 0 Å². The lowest BCUT2D eigenvalue weighted by Crippen LogP contribution is -2.23. The Morgan fingerprint density at radius 3 is 2.14 bits per heavy atom. The summed E-state index contributed by atoms with van der Waals surface area (Å²) in [6.07, 6.45) is 1.73. The molecule has 3 heteroatoms. The van der Waals surface area contributed by atoms with E-state index in [0.29, 0.717) is 5.56 Å². The Morgan fingerprint density at radius 2 is 1.57 bits per heavy atom. The molecule has 0 spiro atoms. The summed E-state index contributed by atoms with van der Waals surface area (Å²) in [4.78, 5) is 12.9. The molecule has 3 nitrogen and oxygen atoms in total. The van der Waals surface area contributed by atoms with Gasteiger partial charge in [0.25, 0.3) is 0 Å². The zero-order valence-electron chi connectivity index (χ0n) is 11.8. The van der Waals surface area contributed by atoms with E-state index >= 15 is 0 Å². The standard InChI is InChI=1S/C18H16N2O/c1-14-12-13-19-20(14)17(15-8-4-2-5-9-15)18(21)16-10-6-3-7-11-16/h2-13,17H,1H3/t17-/m1/s1. The lowest BCUT2D eigenvalue weighted by atomic mass is 9.97. The van der Waals surface area contributed by atoms with Gasteiger partial charge in [0.15, 0.2) is 5.78 Å². The van der Waals surface area contributed by atoms with Gasteiger partial charge in [0.05, 0.1) is 0 Å². The first-order valence-corrected chi connectivity index (χ1v) is 6.91. The van der Waals surface area contributed by atoms with Gasteiger partial charge >= 0.3 is 0 Å². The molecule has 1 aromatic heterocycles. The number of hydrogen-bond donors (Lipinski definition) is 0. The first-order valence-electron chi connectivity index (χ1n) is 6.91. The molecule has 0 aliphatic carbocycles. The first kappa shape index (κ1) is 13.3. The predicted octanol–water partition coefficient (Wildman–Crippen LogP) is 3.66. The Balaban J connectivity index is 2.10. The summed E-state index contributed by atoms with van der Waals surface area (Å²) in [7, 11) is 0. The molecular weight excluding hydrogens is 260 g/mol. The maximum absolute atomic E-state index is 12.9. The van der Waals surface area contributed by atoms with Crippen molar-refractivity contribution in [3.05, 3.63) is 89.7 Å². The van der Waals surface area contributed by atoms with Crippen LogP contribution < -0.4 is 0 Å². The molecular formula is C18H16N2O. The molecule has 1 atom stereocenters. The molecule has 1 heterocycles. The lowest BCUT2D eigenvalue weighted by Gasteiger charge is -2.18. The van der Waals surface area contributed by atoms with Crippen LogP contribution in [0.5, 0.6) is 0 Å². The molecule has 3 rings (SSSR count). The zero-order valence-corrected chi connectivity index (χ0v) is 11.8. The number of rotatable bonds is 4. The van der Waals surface area contributed by atoms with Gasteiger partial charge in [0.2, 0.25) is 0 Å². The molecule has 2 aromatic carbocycles. The minimum Gasteiger partial charge on any atom is -0.291 e. The van der Waals surface area contributed by atoms with Gasteiger partial charge in [-0.25, -0.2) is 0 Å². The van der Waals surface area contributed by atoms with Crippen molar-refractivity contribution in [3.8, 4) is 0 Å². The number of aromatic nitrogens is 2. The number of carbonyl (C=O) groups excluding carboxylic acids is 1. The molecule has 21 heavy (non-hydrogen) atoms. The number of hydrogen-bond acceptors (Lipinski definition) is 2. The van der Waals surface area contributed by atoms with Crippen LogP contribution in [0.3, 0.4) is 0 Å². The maximum atomic E-state index is 12.9. The van der Waals surface area contributed by atoms with E-state index in [-0.39, 0.29) is 5.78 Å². The van der Waals surface area contributed by atoms with E-state index in [9.17, 15) is 4.79 Å². The highest BCUT2D eigenvalue weighted by Gasteiger charge is 2.25. The summed E-state index contributed by atoms with van der Waals surface area (Å²) in [5, 5.41) is 4.33. The van der Waals surface area contributed by atoms with E-state index in [0.717, 1.165) is 11.3 Å². The monoisotopic (exact) mass is 276 g/mol. The van der Waals surface area contributed by atoms with Crippen LogP contribution in [0.15, 0.2) is 72.9 Å². The third kappa shape index (κ3) is 2.63. The Morgan fingerprint density at radius 1 is 0.952 bits per heavy atom. The minimum atomic E-state index is -0.427. The normalized spacial score (nSPS) is 12.0. The van der Waals surface area contributed by atoms with Gasteiger partial charge in [-0.2, -0.15) is 5.10 Å². The summed E-state index contributed by atoms with van der Waals surface area (Å²) < 4.78 is 1.78. The van der Waals surface area contributed by atoms with E-state index in [1.807, 2.05) is 73.7 Å². The van der Waals surface area contributed by atoms with Gasteiger partial charge in [-0.05, 0) is 18.6 Å². The van der Waals surface area contributed by atoms with Crippen molar-refractivity contribution in [2.75, 3.05) is 0 Å². The Hall–Kier alpha value is -2.68. The van der Waals surface area contributed by atoms with Gasteiger partial charge in [0.1, 0.15) is 6.04 Å². The molecule has 0 N–H and O–H groups in total. The average molecular weight is 276 g/mol. The number of aryl methyl sites for hydroxylation is 1. The highest BCUT2D eigenvalue weighted by Crippen LogP contribution is 2.23. The van der Waals surface area contributed by atoms with E-state index in [2.05, 4.69) is 5.10 Å². The first-order chi connectivity index (χ1) is 10.3. The van der Waals surface area contributed by atoms with Crippen LogP contribution in [0.2, 0.25) is 0 Å². The van der Waals surface area contributed by atoms with Crippen LogP contribution in [0, 0.1) is 6.92 Å². The van der Waals surface area contributed by atoms with Crippen LogP contribution in [-0.4, -0.2) is 15.6 Å². The topological polar surface area (TPSA) is 34.9 Å². The molecule has 0 unspecified atom stereocenters. The van der Waals surface area contributed by atoms with Crippen LogP contribution in [0.25, 0.3) is 0 Å². The fourth-order valence-corrected chi connectivity index (χ4v) is 2.45. The molecule has 104 valence electrons. The SMILES string of the molecule is Cc1ccnn1[C@@H](C(=O)c1ccccc1)c1ccccc1. The van der Waals surface area contributed by atoms with Crippen LogP contribution >= 0.6 is 0 Å². The van der Waals surface area contributed by atoms with Crippen molar-refractivity contribution in [2.24, 2.45) is 0 Å². The van der Waals surface area contributed by atoms with E-state index in [1.165, 1.54) is 0 Å². The second-order valence-electron chi connectivity index (χ2n) is 4.96. The van der Waals surface area contributed by atoms with Crippen LogP contribution in [0.1, 0.15) is 27.7 Å². The minimum absolute atomic E-state index is 0.0496. The molecule has 0 saturated heterocycles. The fraction of sp³-hybridized carbons (Fsp3) is 0.111. The number of benzene rings is 2. The average Bonchev–Trinajstić information content (AvgIpc) is 2.95.